The van der Waals surface area contributed by atoms with Crippen LogP contribution in [0.4, 0.5) is 5.69 Å². The van der Waals surface area contributed by atoms with Gasteiger partial charge in [0.25, 0.3) is 5.69 Å². The van der Waals surface area contributed by atoms with E-state index in [2.05, 4.69) is 4.72 Å². The van der Waals surface area contributed by atoms with E-state index in [4.69, 9.17) is 4.74 Å². The van der Waals surface area contributed by atoms with E-state index in [1.165, 1.54) is 19.2 Å². The fourth-order valence-electron chi connectivity index (χ4n) is 2.30. The van der Waals surface area contributed by atoms with E-state index >= 15 is 0 Å². The van der Waals surface area contributed by atoms with Crippen molar-refractivity contribution >= 4 is 15.7 Å². The van der Waals surface area contributed by atoms with Crippen LogP contribution in [-0.2, 0) is 15.6 Å². The Morgan fingerprint density at radius 1 is 1.12 bits per heavy atom. The minimum Gasteiger partial charge on any atom is -0.497 e. The molecule has 0 aliphatic rings. The van der Waals surface area contributed by atoms with Crippen molar-refractivity contribution in [3.05, 3.63) is 64.2 Å². The van der Waals surface area contributed by atoms with Gasteiger partial charge in [0.2, 0.25) is 10.0 Å². The molecule has 0 heterocycles. The summed E-state index contributed by atoms with van der Waals surface area (Å²) in [5.41, 5.74) is -0.732. The molecule has 0 unspecified atom stereocenters. The summed E-state index contributed by atoms with van der Waals surface area (Å²) in [5.74, 6) is 0.211. The highest BCUT2D eigenvalue weighted by molar-refractivity contribution is 7.89. The third kappa shape index (κ3) is 3.72. The van der Waals surface area contributed by atoms with E-state index in [9.17, 15) is 18.5 Å². The second-order valence-electron chi connectivity index (χ2n) is 5.69. The molecule has 2 rings (SSSR count). The summed E-state index contributed by atoms with van der Waals surface area (Å²) in [6.45, 7) is 3.38. The van der Waals surface area contributed by atoms with E-state index in [0.717, 1.165) is 11.6 Å². The first kappa shape index (κ1) is 17.9. The van der Waals surface area contributed by atoms with Crippen molar-refractivity contribution in [1.82, 2.24) is 4.72 Å². The summed E-state index contributed by atoms with van der Waals surface area (Å²) in [6, 6.07) is 12.6. The van der Waals surface area contributed by atoms with Crippen molar-refractivity contribution in [1.29, 1.82) is 0 Å². The maximum absolute atomic E-state index is 12.7. The van der Waals surface area contributed by atoms with E-state index < -0.39 is 31.1 Å². The number of nitro groups is 1. The number of nitrogens with one attached hydrogen (secondary N) is 1. The summed E-state index contributed by atoms with van der Waals surface area (Å²) < 4.78 is 32.8. The molecule has 2 aromatic rings. The smallest absolute Gasteiger partial charge is 0.293 e. The Morgan fingerprint density at radius 3 is 2.29 bits per heavy atom. The van der Waals surface area contributed by atoms with Crippen molar-refractivity contribution in [2.75, 3.05) is 7.11 Å². The molecular formula is C16H18N2O5S. The van der Waals surface area contributed by atoms with Gasteiger partial charge >= 0.3 is 0 Å². The molecule has 8 heteroatoms. The zero-order valence-electron chi connectivity index (χ0n) is 13.5. The van der Waals surface area contributed by atoms with Crippen molar-refractivity contribution in [2.45, 2.75) is 24.3 Å². The average molecular weight is 350 g/mol. The van der Waals surface area contributed by atoms with Crippen LogP contribution in [-0.4, -0.2) is 20.5 Å². The molecule has 0 saturated heterocycles. The largest absolute Gasteiger partial charge is 0.497 e. The lowest BCUT2D eigenvalue weighted by Crippen LogP contribution is -2.41. The first-order valence-electron chi connectivity index (χ1n) is 7.09. The molecule has 0 bridgehead atoms. The molecule has 0 aliphatic heterocycles. The lowest BCUT2D eigenvalue weighted by molar-refractivity contribution is -0.387. The van der Waals surface area contributed by atoms with Crippen LogP contribution in [0.25, 0.3) is 0 Å². The predicted octanol–water partition coefficient (Wildman–Crippen LogP) is 2.82. The normalized spacial score (nSPS) is 12.0. The van der Waals surface area contributed by atoms with Crippen LogP contribution in [0.5, 0.6) is 5.75 Å². The lowest BCUT2D eigenvalue weighted by Gasteiger charge is -2.26. The number of hydrogen-bond acceptors (Lipinski definition) is 5. The Kier molecular flexibility index (Phi) is 4.91. The molecular weight excluding hydrogens is 332 g/mol. The molecule has 0 saturated carbocycles. The van der Waals surface area contributed by atoms with Gasteiger partial charge in [-0.05, 0) is 31.5 Å². The molecule has 128 valence electrons. The number of methoxy groups -OCH3 is 1. The lowest BCUT2D eigenvalue weighted by atomic mass is 9.96. The molecule has 1 N–H and O–H groups in total. The van der Waals surface area contributed by atoms with Crippen LogP contribution < -0.4 is 9.46 Å². The molecule has 7 nitrogen and oxygen atoms in total. The summed E-state index contributed by atoms with van der Waals surface area (Å²) in [5, 5.41) is 11.2. The Morgan fingerprint density at radius 2 is 1.75 bits per heavy atom. The summed E-state index contributed by atoms with van der Waals surface area (Å²) in [6.07, 6.45) is 0. The predicted molar refractivity (Wildman–Crippen MR) is 89.4 cm³/mol. The fraction of sp³-hybridized carbons (Fsp3) is 0.250. The maximum Gasteiger partial charge on any atom is 0.293 e. The number of nitrogens with zero attached hydrogens (tertiary/aromatic N) is 1. The van der Waals surface area contributed by atoms with Crippen molar-refractivity contribution in [3.63, 3.8) is 0 Å². The molecule has 2 aromatic carbocycles. The number of rotatable bonds is 6. The SMILES string of the molecule is COc1ccc(S(=O)(=O)NC(C)(C)c2ccccc2)c([N+](=O)[O-])c1. The third-order valence-electron chi connectivity index (χ3n) is 3.54. The molecule has 0 fully saturated rings. The summed E-state index contributed by atoms with van der Waals surface area (Å²) >= 11 is 0. The maximum atomic E-state index is 12.7. The van der Waals surface area contributed by atoms with Crippen LogP contribution in [0, 0.1) is 10.1 Å². The molecule has 0 aromatic heterocycles. The van der Waals surface area contributed by atoms with Crippen molar-refractivity contribution in [2.24, 2.45) is 0 Å². The van der Waals surface area contributed by atoms with Crippen LogP contribution >= 0.6 is 0 Å². The average Bonchev–Trinajstić information content (AvgIpc) is 2.54. The first-order chi connectivity index (χ1) is 11.2. The van der Waals surface area contributed by atoms with Crippen LogP contribution in [0.15, 0.2) is 53.4 Å². The number of hydrogen-bond donors (Lipinski definition) is 1. The Hall–Kier alpha value is -2.45. The van der Waals surface area contributed by atoms with Crippen LogP contribution in [0.3, 0.4) is 0 Å². The van der Waals surface area contributed by atoms with Gasteiger partial charge < -0.3 is 4.74 Å². The Bertz CT molecular complexity index is 848. The molecule has 0 atom stereocenters. The van der Waals surface area contributed by atoms with Gasteiger partial charge in [0.05, 0.1) is 23.6 Å². The second kappa shape index (κ2) is 6.58. The third-order valence-corrected chi connectivity index (χ3v) is 5.24. The van der Waals surface area contributed by atoms with Gasteiger partial charge in [-0.2, -0.15) is 0 Å². The fourth-order valence-corrected chi connectivity index (χ4v) is 3.85. The standard InChI is InChI=1S/C16H18N2O5S/c1-16(2,12-7-5-4-6-8-12)17-24(21,22)15-10-9-13(23-3)11-14(15)18(19)20/h4-11,17H,1-3H3. The van der Waals surface area contributed by atoms with Crippen LogP contribution in [0.1, 0.15) is 19.4 Å². The second-order valence-corrected chi connectivity index (χ2v) is 7.34. The molecule has 24 heavy (non-hydrogen) atoms. The van der Waals surface area contributed by atoms with Gasteiger partial charge in [0.1, 0.15) is 5.75 Å². The van der Waals surface area contributed by atoms with Crippen LogP contribution in [0.2, 0.25) is 0 Å². The van der Waals surface area contributed by atoms with E-state index in [-0.39, 0.29) is 5.75 Å². The Balaban J connectivity index is 2.46. The molecule has 0 aliphatic carbocycles. The van der Waals surface area contributed by atoms with E-state index in [0.29, 0.717) is 0 Å². The van der Waals surface area contributed by atoms with Gasteiger partial charge in [-0.15, -0.1) is 0 Å². The zero-order chi connectivity index (χ0) is 18.0. The van der Waals surface area contributed by atoms with Gasteiger partial charge in [-0.25, -0.2) is 13.1 Å². The molecule has 0 spiro atoms. The number of ether oxygens (including phenoxy) is 1. The Labute approximate surface area is 140 Å². The highest BCUT2D eigenvalue weighted by Crippen LogP contribution is 2.30. The van der Waals surface area contributed by atoms with E-state index in [1.807, 2.05) is 6.07 Å². The number of sulfonamides is 1. The minimum atomic E-state index is -4.11. The number of benzene rings is 2. The monoisotopic (exact) mass is 350 g/mol. The quantitative estimate of drug-likeness (QED) is 0.638. The minimum absolute atomic E-state index is 0.211. The summed E-state index contributed by atoms with van der Waals surface area (Å²) in [4.78, 5) is 10.1. The highest BCUT2D eigenvalue weighted by Gasteiger charge is 2.32. The van der Waals surface area contributed by atoms with Crippen molar-refractivity contribution in [3.8, 4) is 5.75 Å². The van der Waals surface area contributed by atoms with Gasteiger partial charge in [0, 0.05) is 0 Å². The zero-order valence-corrected chi connectivity index (χ0v) is 14.3. The van der Waals surface area contributed by atoms with E-state index in [1.54, 1.807) is 38.1 Å². The van der Waals surface area contributed by atoms with Gasteiger partial charge in [0.15, 0.2) is 4.90 Å². The van der Waals surface area contributed by atoms with Crippen molar-refractivity contribution < 1.29 is 18.1 Å². The molecule has 0 amide bonds. The van der Waals surface area contributed by atoms with Gasteiger partial charge in [-0.3, -0.25) is 10.1 Å². The highest BCUT2D eigenvalue weighted by atomic mass is 32.2. The van der Waals surface area contributed by atoms with Gasteiger partial charge in [-0.1, -0.05) is 30.3 Å². The topological polar surface area (TPSA) is 98.5 Å². The molecule has 0 radical (unpaired) electrons. The first-order valence-corrected chi connectivity index (χ1v) is 8.57. The summed E-state index contributed by atoms with van der Waals surface area (Å²) in [7, 11) is -2.76. The number of nitro benzene ring substituents is 1.